The molecule has 2 amide bonds. The fourth-order valence-electron chi connectivity index (χ4n) is 2.41. The number of hydrogen-bond donors (Lipinski definition) is 2. The molecule has 2 N–H and O–H groups in total. The van der Waals surface area contributed by atoms with Crippen molar-refractivity contribution >= 4 is 46.9 Å². The lowest BCUT2D eigenvalue weighted by atomic mass is 10.2. The third-order valence-corrected chi connectivity index (χ3v) is 4.31. The summed E-state index contributed by atoms with van der Waals surface area (Å²) in [6.45, 7) is 0.395. The average Bonchev–Trinajstić information content (AvgIpc) is 2.73. The zero-order chi connectivity index (χ0) is 21.3. The molecule has 0 aromatic heterocycles. The van der Waals surface area contributed by atoms with E-state index >= 15 is 0 Å². The van der Waals surface area contributed by atoms with Gasteiger partial charge in [0.1, 0.15) is 12.4 Å². The Morgan fingerprint density at radius 1 is 0.900 bits per heavy atom. The number of halogens is 2. The minimum Gasteiger partial charge on any atom is -0.489 e. The second kappa shape index (κ2) is 10.4. The number of ether oxygens (including phenoxy) is 1. The van der Waals surface area contributed by atoms with Crippen LogP contribution in [0.25, 0.3) is 0 Å². The van der Waals surface area contributed by atoms with Crippen LogP contribution in [-0.4, -0.2) is 18.0 Å². The van der Waals surface area contributed by atoms with Crippen molar-refractivity contribution < 1.29 is 14.3 Å². The Balaban J connectivity index is 1.47. The van der Waals surface area contributed by atoms with E-state index in [2.05, 4.69) is 15.8 Å². The molecule has 0 saturated heterocycles. The SMILES string of the molecule is O=C(N/N=C/c1ccc(OCc2cccc(Cl)c2)cc1)C(=O)Nc1cccc(Cl)c1. The van der Waals surface area contributed by atoms with E-state index in [-0.39, 0.29) is 0 Å². The van der Waals surface area contributed by atoms with Crippen LogP contribution < -0.4 is 15.5 Å². The highest BCUT2D eigenvalue weighted by Gasteiger charge is 2.12. The van der Waals surface area contributed by atoms with Crippen LogP contribution in [0, 0.1) is 0 Å². The van der Waals surface area contributed by atoms with Gasteiger partial charge in [-0.15, -0.1) is 0 Å². The molecule has 0 atom stereocenters. The molecule has 0 aliphatic heterocycles. The highest BCUT2D eigenvalue weighted by atomic mass is 35.5. The predicted molar refractivity (Wildman–Crippen MR) is 118 cm³/mol. The molecule has 0 spiro atoms. The molecule has 0 unspecified atom stereocenters. The van der Waals surface area contributed by atoms with Crippen molar-refractivity contribution in [1.82, 2.24) is 5.43 Å². The Labute approximate surface area is 183 Å². The maximum absolute atomic E-state index is 11.9. The van der Waals surface area contributed by atoms with E-state index in [1.54, 1.807) is 48.5 Å². The standard InChI is InChI=1S/C22H17Cl2N3O3/c23-17-4-1-3-16(11-17)14-30-20-9-7-15(8-10-20)13-25-27-22(29)21(28)26-19-6-2-5-18(24)12-19/h1-13H,14H2,(H,26,28)(H,27,29)/b25-13+. The number of benzene rings is 3. The molecule has 0 aliphatic carbocycles. The van der Waals surface area contributed by atoms with Crippen molar-refractivity contribution in [2.75, 3.05) is 5.32 Å². The number of hydrogen-bond acceptors (Lipinski definition) is 4. The van der Waals surface area contributed by atoms with Crippen molar-refractivity contribution in [2.24, 2.45) is 5.10 Å². The van der Waals surface area contributed by atoms with Crippen molar-refractivity contribution in [1.29, 1.82) is 0 Å². The molecule has 0 aliphatic rings. The molecular formula is C22H17Cl2N3O3. The molecule has 30 heavy (non-hydrogen) atoms. The first kappa shape index (κ1) is 21.4. The maximum Gasteiger partial charge on any atom is 0.329 e. The second-order valence-corrected chi connectivity index (χ2v) is 7.02. The van der Waals surface area contributed by atoms with E-state index in [1.165, 1.54) is 12.3 Å². The molecule has 3 aromatic carbocycles. The van der Waals surface area contributed by atoms with Gasteiger partial charge in [0, 0.05) is 15.7 Å². The van der Waals surface area contributed by atoms with Gasteiger partial charge in [0.15, 0.2) is 0 Å². The Morgan fingerprint density at radius 2 is 1.60 bits per heavy atom. The lowest BCUT2D eigenvalue weighted by molar-refractivity contribution is -0.136. The molecule has 0 bridgehead atoms. The van der Waals surface area contributed by atoms with Gasteiger partial charge in [-0.2, -0.15) is 5.10 Å². The molecule has 3 aromatic rings. The number of carbonyl (C=O) groups excluding carboxylic acids is 2. The molecular weight excluding hydrogens is 425 g/mol. The third kappa shape index (κ3) is 6.62. The molecule has 0 heterocycles. The van der Waals surface area contributed by atoms with Gasteiger partial charge in [-0.25, -0.2) is 5.43 Å². The summed E-state index contributed by atoms with van der Waals surface area (Å²) in [5.74, 6) is -1.07. The Morgan fingerprint density at radius 3 is 2.30 bits per heavy atom. The average molecular weight is 442 g/mol. The predicted octanol–water partition coefficient (Wildman–Crippen LogP) is 4.66. The Hall–Kier alpha value is -3.35. The molecule has 152 valence electrons. The molecule has 8 heteroatoms. The first-order valence-electron chi connectivity index (χ1n) is 8.87. The van der Waals surface area contributed by atoms with Gasteiger partial charge in [0.2, 0.25) is 0 Å². The topological polar surface area (TPSA) is 79.8 Å². The lowest BCUT2D eigenvalue weighted by Gasteiger charge is -2.07. The number of hydrazone groups is 1. The van der Waals surface area contributed by atoms with Crippen LogP contribution in [0.15, 0.2) is 77.9 Å². The van der Waals surface area contributed by atoms with Crippen LogP contribution in [0.5, 0.6) is 5.75 Å². The fourth-order valence-corrected chi connectivity index (χ4v) is 2.82. The normalized spacial score (nSPS) is 10.6. The van der Waals surface area contributed by atoms with Crippen LogP contribution in [-0.2, 0) is 16.2 Å². The van der Waals surface area contributed by atoms with Crippen molar-refractivity contribution in [2.45, 2.75) is 6.61 Å². The Bertz CT molecular complexity index is 1070. The van der Waals surface area contributed by atoms with Crippen LogP contribution in [0.4, 0.5) is 5.69 Å². The van der Waals surface area contributed by atoms with Gasteiger partial charge in [0.05, 0.1) is 6.21 Å². The molecule has 6 nitrogen and oxygen atoms in total. The number of nitrogens with one attached hydrogen (secondary N) is 2. The van der Waals surface area contributed by atoms with E-state index in [0.29, 0.717) is 28.1 Å². The number of anilines is 1. The van der Waals surface area contributed by atoms with Gasteiger partial charge >= 0.3 is 11.8 Å². The van der Waals surface area contributed by atoms with E-state index in [1.807, 2.05) is 18.2 Å². The highest BCUT2D eigenvalue weighted by molar-refractivity contribution is 6.39. The van der Waals surface area contributed by atoms with Gasteiger partial charge in [0.25, 0.3) is 0 Å². The van der Waals surface area contributed by atoms with Gasteiger partial charge in [-0.1, -0.05) is 41.4 Å². The first-order valence-corrected chi connectivity index (χ1v) is 9.62. The van der Waals surface area contributed by atoms with Crippen LogP contribution in [0.3, 0.4) is 0 Å². The Kier molecular flexibility index (Phi) is 7.43. The number of carbonyl (C=O) groups is 2. The number of nitrogens with zero attached hydrogens (tertiary/aromatic N) is 1. The molecule has 0 saturated carbocycles. The first-order chi connectivity index (χ1) is 14.5. The van der Waals surface area contributed by atoms with Crippen molar-refractivity contribution in [3.05, 3.63) is 94.0 Å². The zero-order valence-corrected chi connectivity index (χ0v) is 17.2. The largest absolute Gasteiger partial charge is 0.489 e. The monoisotopic (exact) mass is 441 g/mol. The van der Waals surface area contributed by atoms with Gasteiger partial charge in [-0.3, -0.25) is 9.59 Å². The number of rotatable bonds is 6. The van der Waals surface area contributed by atoms with E-state index in [9.17, 15) is 9.59 Å². The minimum absolute atomic E-state index is 0.395. The van der Waals surface area contributed by atoms with Crippen LogP contribution >= 0.6 is 23.2 Å². The summed E-state index contributed by atoms with van der Waals surface area (Å²) < 4.78 is 5.71. The van der Waals surface area contributed by atoms with Crippen LogP contribution in [0.1, 0.15) is 11.1 Å². The summed E-state index contributed by atoms with van der Waals surface area (Å²) in [4.78, 5) is 23.7. The smallest absolute Gasteiger partial charge is 0.329 e. The minimum atomic E-state index is -0.896. The third-order valence-electron chi connectivity index (χ3n) is 3.84. The summed E-state index contributed by atoms with van der Waals surface area (Å²) in [5.41, 5.74) is 4.28. The summed E-state index contributed by atoms with van der Waals surface area (Å²) >= 11 is 11.8. The number of amides is 2. The summed E-state index contributed by atoms with van der Waals surface area (Å²) in [6, 6.07) is 21.0. The highest BCUT2D eigenvalue weighted by Crippen LogP contribution is 2.16. The zero-order valence-electron chi connectivity index (χ0n) is 15.6. The quantitative estimate of drug-likeness (QED) is 0.331. The van der Waals surface area contributed by atoms with Crippen molar-refractivity contribution in [3.63, 3.8) is 0 Å². The molecule has 0 radical (unpaired) electrons. The fraction of sp³-hybridized carbons (Fsp3) is 0.0455. The summed E-state index contributed by atoms with van der Waals surface area (Å²) in [6.07, 6.45) is 1.42. The van der Waals surface area contributed by atoms with Gasteiger partial charge in [-0.05, 0) is 65.7 Å². The summed E-state index contributed by atoms with van der Waals surface area (Å²) in [5, 5.41) is 7.33. The summed E-state index contributed by atoms with van der Waals surface area (Å²) in [7, 11) is 0. The van der Waals surface area contributed by atoms with E-state index in [4.69, 9.17) is 27.9 Å². The molecule has 0 fully saturated rings. The second-order valence-electron chi connectivity index (χ2n) is 6.15. The van der Waals surface area contributed by atoms with E-state index < -0.39 is 11.8 Å². The van der Waals surface area contributed by atoms with Crippen molar-refractivity contribution in [3.8, 4) is 5.75 Å². The van der Waals surface area contributed by atoms with Gasteiger partial charge < -0.3 is 10.1 Å². The maximum atomic E-state index is 11.9. The van der Waals surface area contributed by atoms with E-state index in [0.717, 1.165) is 11.1 Å². The van der Waals surface area contributed by atoms with Crippen LogP contribution in [0.2, 0.25) is 10.0 Å². The lowest BCUT2D eigenvalue weighted by Crippen LogP contribution is -2.32. The molecule has 3 rings (SSSR count).